The van der Waals surface area contributed by atoms with Crippen molar-refractivity contribution in [2.75, 3.05) is 26.8 Å². The van der Waals surface area contributed by atoms with Crippen molar-refractivity contribution in [3.8, 4) is 17.1 Å². The molecule has 1 aliphatic rings. The number of hydrogen-bond acceptors (Lipinski definition) is 7. The summed E-state index contributed by atoms with van der Waals surface area (Å²) in [5, 5.41) is 9.53. The maximum atomic E-state index is 12.8. The first-order chi connectivity index (χ1) is 15.7. The van der Waals surface area contributed by atoms with Gasteiger partial charge in [-0.25, -0.2) is 0 Å². The van der Waals surface area contributed by atoms with Gasteiger partial charge in [0.2, 0.25) is 11.7 Å². The number of hydrogen-bond donors (Lipinski definition) is 0. The van der Waals surface area contributed by atoms with Crippen LogP contribution < -0.4 is 4.74 Å². The smallest absolute Gasteiger partial charge is 0.257 e. The molecular weight excluding hydrogens is 410 g/mol. The summed E-state index contributed by atoms with van der Waals surface area (Å²) >= 11 is 0. The lowest BCUT2D eigenvalue weighted by Gasteiger charge is -2.31. The molecule has 9 nitrogen and oxygen atoms in total. The number of morpholine rings is 1. The van der Waals surface area contributed by atoms with Crippen LogP contribution in [-0.2, 0) is 16.1 Å². The molecule has 3 heterocycles. The Bertz CT molecular complexity index is 1220. The summed E-state index contributed by atoms with van der Waals surface area (Å²) in [4.78, 5) is 19.1. The lowest BCUT2D eigenvalue weighted by molar-refractivity contribution is -0.140. The topological polar surface area (TPSA) is 95.5 Å². The maximum Gasteiger partial charge on any atom is 0.257 e. The van der Waals surface area contributed by atoms with Crippen molar-refractivity contribution in [2.45, 2.75) is 19.1 Å². The number of carbonyl (C=O) groups is 1. The van der Waals surface area contributed by atoms with E-state index in [1.807, 2.05) is 59.4 Å². The van der Waals surface area contributed by atoms with Gasteiger partial charge in [0.05, 0.1) is 38.5 Å². The zero-order valence-electron chi connectivity index (χ0n) is 17.7. The quantitative estimate of drug-likeness (QED) is 0.461. The Morgan fingerprint density at radius 2 is 2.03 bits per heavy atom. The van der Waals surface area contributed by atoms with Crippen molar-refractivity contribution in [3.05, 3.63) is 60.6 Å². The molecule has 1 fully saturated rings. The minimum absolute atomic E-state index is 0.0489. The highest BCUT2D eigenvalue weighted by Gasteiger charge is 2.29. The van der Waals surface area contributed by atoms with Gasteiger partial charge in [-0.1, -0.05) is 23.4 Å². The number of benzene rings is 2. The van der Waals surface area contributed by atoms with E-state index in [0.29, 0.717) is 44.4 Å². The number of aromatic nitrogens is 4. The summed E-state index contributed by atoms with van der Waals surface area (Å²) in [6.45, 7) is 1.86. The minimum atomic E-state index is -0.447. The van der Waals surface area contributed by atoms with Crippen LogP contribution >= 0.6 is 0 Å². The second kappa shape index (κ2) is 8.80. The molecule has 1 atom stereocenters. The molecule has 1 aliphatic heterocycles. The summed E-state index contributed by atoms with van der Waals surface area (Å²) in [7, 11) is 1.62. The van der Waals surface area contributed by atoms with Crippen molar-refractivity contribution >= 4 is 16.8 Å². The number of methoxy groups -OCH3 is 1. The molecule has 0 bridgehead atoms. The van der Waals surface area contributed by atoms with Gasteiger partial charge in [0.15, 0.2) is 6.10 Å². The third-order valence-electron chi connectivity index (χ3n) is 5.57. The summed E-state index contributed by atoms with van der Waals surface area (Å²) < 4.78 is 18.3. The van der Waals surface area contributed by atoms with Gasteiger partial charge in [-0.2, -0.15) is 10.1 Å². The number of ether oxygens (including phenoxy) is 2. The van der Waals surface area contributed by atoms with Gasteiger partial charge in [-0.3, -0.25) is 9.48 Å². The summed E-state index contributed by atoms with van der Waals surface area (Å²) in [6.07, 6.45) is 1.73. The standard InChI is InChI=1S/C23H23N5O4/c1-30-18-8-6-16(7-9-18)22-25-23(32-26-22)20-15-27(12-13-31-20)21(29)10-11-28-19-5-3-2-4-17(19)14-24-28/h2-9,14,20H,10-13,15H2,1H3/t20-/m1/s1. The summed E-state index contributed by atoms with van der Waals surface area (Å²) in [6, 6.07) is 15.4. The molecule has 1 amide bonds. The zero-order valence-corrected chi connectivity index (χ0v) is 17.7. The van der Waals surface area contributed by atoms with E-state index in [1.54, 1.807) is 12.0 Å². The fraction of sp³-hybridized carbons (Fsp3) is 0.304. The van der Waals surface area contributed by atoms with Gasteiger partial charge in [-0.15, -0.1) is 0 Å². The molecule has 0 N–H and O–H groups in total. The predicted molar refractivity (Wildman–Crippen MR) is 116 cm³/mol. The van der Waals surface area contributed by atoms with E-state index >= 15 is 0 Å². The number of amides is 1. The molecule has 0 radical (unpaired) electrons. The molecule has 1 saturated heterocycles. The van der Waals surface area contributed by atoms with Crippen molar-refractivity contribution in [2.24, 2.45) is 0 Å². The van der Waals surface area contributed by atoms with Crippen molar-refractivity contribution in [1.82, 2.24) is 24.8 Å². The van der Waals surface area contributed by atoms with Gasteiger partial charge in [0, 0.05) is 23.9 Å². The Balaban J connectivity index is 1.22. The maximum absolute atomic E-state index is 12.8. The monoisotopic (exact) mass is 433 g/mol. The fourth-order valence-corrected chi connectivity index (χ4v) is 3.81. The van der Waals surface area contributed by atoms with Crippen LogP contribution in [0, 0.1) is 0 Å². The van der Waals surface area contributed by atoms with Gasteiger partial charge in [0.1, 0.15) is 5.75 Å². The third kappa shape index (κ3) is 4.06. The molecule has 0 saturated carbocycles. The number of carbonyl (C=O) groups excluding carboxylic acids is 1. The van der Waals surface area contributed by atoms with Gasteiger partial charge >= 0.3 is 0 Å². The van der Waals surface area contributed by atoms with Crippen LogP contribution in [0.1, 0.15) is 18.4 Å². The Hall–Kier alpha value is -3.72. The Labute approximate surface area is 184 Å². The van der Waals surface area contributed by atoms with Gasteiger partial charge in [-0.05, 0) is 30.3 Å². The average molecular weight is 433 g/mol. The zero-order chi connectivity index (χ0) is 21.9. The highest BCUT2D eigenvalue weighted by atomic mass is 16.5. The van der Waals surface area contributed by atoms with Crippen molar-refractivity contribution < 1.29 is 18.8 Å². The highest BCUT2D eigenvalue weighted by Crippen LogP contribution is 2.25. The van der Waals surface area contributed by atoms with E-state index in [2.05, 4.69) is 15.2 Å². The van der Waals surface area contributed by atoms with E-state index in [1.165, 1.54) is 0 Å². The van der Waals surface area contributed by atoms with E-state index in [0.717, 1.165) is 22.2 Å². The number of rotatable bonds is 6. The van der Waals surface area contributed by atoms with E-state index < -0.39 is 6.10 Å². The Kier molecular flexibility index (Phi) is 5.55. The van der Waals surface area contributed by atoms with Gasteiger partial charge < -0.3 is 18.9 Å². The van der Waals surface area contributed by atoms with Crippen LogP contribution in [0.2, 0.25) is 0 Å². The number of nitrogens with zero attached hydrogens (tertiary/aromatic N) is 5. The van der Waals surface area contributed by atoms with Crippen molar-refractivity contribution in [3.63, 3.8) is 0 Å². The second-order valence-electron chi connectivity index (χ2n) is 7.56. The van der Waals surface area contributed by atoms with Crippen molar-refractivity contribution in [1.29, 1.82) is 0 Å². The van der Waals surface area contributed by atoms with E-state index in [9.17, 15) is 4.79 Å². The van der Waals surface area contributed by atoms with Crippen LogP contribution in [-0.4, -0.2) is 57.5 Å². The van der Waals surface area contributed by atoms with E-state index in [4.69, 9.17) is 14.0 Å². The molecule has 32 heavy (non-hydrogen) atoms. The molecule has 4 aromatic rings. The Morgan fingerprint density at radius 3 is 2.88 bits per heavy atom. The first-order valence-corrected chi connectivity index (χ1v) is 10.5. The first-order valence-electron chi connectivity index (χ1n) is 10.5. The molecule has 2 aromatic heterocycles. The fourth-order valence-electron chi connectivity index (χ4n) is 3.81. The molecule has 9 heteroatoms. The summed E-state index contributed by atoms with van der Waals surface area (Å²) in [5.41, 5.74) is 1.84. The van der Waals surface area contributed by atoms with Crippen LogP contribution in [0.4, 0.5) is 0 Å². The molecule has 164 valence electrons. The van der Waals surface area contributed by atoms with Crippen LogP contribution in [0.5, 0.6) is 5.75 Å². The minimum Gasteiger partial charge on any atom is -0.497 e. The predicted octanol–water partition coefficient (Wildman–Crippen LogP) is 3.09. The second-order valence-corrected chi connectivity index (χ2v) is 7.56. The van der Waals surface area contributed by atoms with E-state index in [-0.39, 0.29) is 5.91 Å². The molecule has 5 rings (SSSR count). The number of aryl methyl sites for hydroxylation is 1. The average Bonchev–Trinajstić information content (AvgIpc) is 3.50. The van der Waals surface area contributed by atoms with Gasteiger partial charge in [0.25, 0.3) is 5.89 Å². The highest BCUT2D eigenvalue weighted by molar-refractivity contribution is 5.79. The third-order valence-corrected chi connectivity index (χ3v) is 5.57. The molecular formula is C23H23N5O4. The number of fused-ring (bicyclic) bond motifs is 1. The van der Waals surface area contributed by atoms with Crippen LogP contribution in [0.3, 0.4) is 0 Å². The van der Waals surface area contributed by atoms with Crippen LogP contribution in [0.25, 0.3) is 22.3 Å². The molecule has 0 spiro atoms. The first kappa shape index (κ1) is 20.2. The molecule has 0 aliphatic carbocycles. The normalized spacial score (nSPS) is 16.4. The summed E-state index contributed by atoms with van der Waals surface area (Å²) in [5.74, 6) is 1.64. The largest absolute Gasteiger partial charge is 0.497 e. The number of para-hydroxylation sites is 1. The molecule has 0 unspecified atom stereocenters. The lowest BCUT2D eigenvalue weighted by Crippen LogP contribution is -2.42. The SMILES string of the molecule is COc1ccc(-c2noc([C@H]3CN(C(=O)CCn4ncc5ccccc54)CCO3)n2)cc1. The lowest BCUT2D eigenvalue weighted by atomic mass is 10.2. The molecule has 2 aromatic carbocycles. The van der Waals surface area contributed by atoms with Crippen LogP contribution in [0.15, 0.2) is 59.3 Å². The Morgan fingerprint density at radius 1 is 1.19 bits per heavy atom.